The lowest BCUT2D eigenvalue weighted by Gasteiger charge is -2.22. The quantitative estimate of drug-likeness (QED) is 0.219. The molecule has 0 aliphatic heterocycles. The Labute approximate surface area is 230 Å². The number of allylic oxidation sites excluding steroid dienone is 3. The predicted molar refractivity (Wildman–Crippen MR) is 147 cm³/mol. The van der Waals surface area contributed by atoms with Crippen LogP contribution in [0.2, 0.25) is 0 Å². The van der Waals surface area contributed by atoms with E-state index in [1.165, 1.54) is 47.8 Å². The van der Waals surface area contributed by atoms with Gasteiger partial charge in [-0.3, -0.25) is 19.1 Å². The number of aryl methyl sites for hydroxylation is 1. The molecule has 0 aliphatic rings. The zero-order valence-electron chi connectivity index (χ0n) is 22.2. The van der Waals surface area contributed by atoms with E-state index in [0.29, 0.717) is 23.4 Å². The molecule has 202 valence electrons. The predicted octanol–water partition coefficient (Wildman–Crippen LogP) is 5.33. The maximum Gasteiger partial charge on any atom is 0.262 e. The van der Waals surface area contributed by atoms with Crippen LogP contribution in [0.1, 0.15) is 49.9 Å². The first-order chi connectivity index (χ1) is 18.4. The van der Waals surface area contributed by atoms with Gasteiger partial charge in [-0.2, -0.15) is 5.26 Å². The third-order valence-electron chi connectivity index (χ3n) is 5.90. The molecule has 0 atom stereocenters. The zero-order chi connectivity index (χ0) is 28.9. The molecule has 0 radical (unpaired) electrons. The number of hydrogen-bond donors (Lipinski definition) is 1. The number of halogens is 2. The van der Waals surface area contributed by atoms with E-state index in [2.05, 4.69) is 4.98 Å². The summed E-state index contributed by atoms with van der Waals surface area (Å²) in [6.07, 6.45) is 5.21. The molecule has 8 nitrogen and oxygen atoms in total. The van der Waals surface area contributed by atoms with Gasteiger partial charge in [0.2, 0.25) is 6.41 Å². The van der Waals surface area contributed by atoms with Crippen molar-refractivity contribution in [2.75, 3.05) is 4.90 Å². The van der Waals surface area contributed by atoms with Crippen LogP contribution in [0.15, 0.2) is 76.2 Å². The number of nitrogens with zero attached hydrogens (tertiary/aromatic N) is 4. The van der Waals surface area contributed by atoms with E-state index < -0.39 is 17.0 Å². The number of aliphatic hydroxyl groups is 1. The highest BCUT2D eigenvalue weighted by atomic mass is 35.5. The van der Waals surface area contributed by atoms with Gasteiger partial charge < -0.3 is 9.84 Å². The third-order valence-corrected chi connectivity index (χ3v) is 6.09. The second kappa shape index (κ2) is 12.1. The van der Waals surface area contributed by atoms with Crippen LogP contribution in [0.5, 0.6) is 0 Å². The number of pyridine rings is 2. The van der Waals surface area contributed by atoms with Crippen LogP contribution in [0.3, 0.4) is 0 Å². The van der Waals surface area contributed by atoms with Gasteiger partial charge in [-0.1, -0.05) is 17.7 Å². The summed E-state index contributed by atoms with van der Waals surface area (Å²) in [5.74, 6) is -0.117. The number of hydrogen-bond acceptors (Lipinski definition) is 6. The van der Waals surface area contributed by atoms with Crippen molar-refractivity contribution in [3.05, 3.63) is 110 Å². The molecule has 1 aromatic carbocycles. The van der Waals surface area contributed by atoms with Crippen molar-refractivity contribution >= 4 is 23.7 Å². The van der Waals surface area contributed by atoms with Crippen molar-refractivity contribution in [2.45, 2.75) is 46.8 Å². The van der Waals surface area contributed by atoms with Gasteiger partial charge in [0.1, 0.15) is 24.0 Å². The number of benzene rings is 1. The molecule has 0 saturated heterocycles. The minimum Gasteiger partial charge on any atom is -0.488 e. The van der Waals surface area contributed by atoms with E-state index in [1.807, 2.05) is 6.07 Å². The smallest absolute Gasteiger partial charge is 0.262 e. The van der Waals surface area contributed by atoms with Gasteiger partial charge >= 0.3 is 0 Å². The van der Waals surface area contributed by atoms with Crippen LogP contribution in [0.25, 0.3) is 5.82 Å². The molecule has 0 bridgehead atoms. The molecule has 0 unspecified atom stereocenters. The van der Waals surface area contributed by atoms with E-state index in [4.69, 9.17) is 21.6 Å². The lowest BCUT2D eigenvalue weighted by molar-refractivity contribution is -0.107. The fourth-order valence-electron chi connectivity index (χ4n) is 3.75. The molecule has 1 amide bonds. The average molecular weight is 551 g/mol. The normalized spacial score (nSPS) is 12.4. The first-order valence-electron chi connectivity index (χ1n) is 11.9. The topological polar surface area (TPSA) is 108 Å². The number of ether oxygens (including phenoxy) is 1. The Balaban J connectivity index is 1.96. The second-order valence-electron chi connectivity index (χ2n) is 9.35. The highest BCUT2D eigenvalue weighted by molar-refractivity contribution is 6.29. The van der Waals surface area contributed by atoms with Gasteiger partial charge in [-0.05, 0) is 64.4 Å². The summed E-state index contributed by atoms with van der Waals surface area (Å²) >= 11 is 6.24. The molecule has 1 N–H and O–H groups in total. The Kier molecular flexibility index (Phi) is 9.07. The van der Waals surface area contributed by atoms with Crippen molar-refractivity contribution in [1.82, 2.24) is 9.55 Å². The minimum absolute atomic E-state index is 0.152. The zero-order valence-corrected chi connectivity index (χ0v) is 23.0. The molecule has 2 heterocycles. The van der Waals surface area contributed by atoms with Gasteiger partial charge in [-0.15, -0.1) is 0 Å². The van der Waals surface area contributed by atoms with Crippen molar-refractivity contribution in [1.29, 1.82) is 5.26 Å². The van der Waals surface area contributed by atoms with Crippen LogP contribution in [-0.4, -0.2) is 21.1 Å². The molecule has 10 heteroatoms. The lowest BCUT2D eigenvalue weighted by Crippen LogP contribution is -2.31. The van der Waals surface area contributed by atoms with Gasteiger partial charge in [0.05, 0.1) is 28.0 Å². The standard InChI is InChI=1S/C29H28ClFN4O4/c1-18-15-33-27(34-10-6-7-23(28(34)37)29(4,5)38)13-25(18)35(17-36)19(2)11-26(20(3)30)39-16-22-9-8-21(14-32)12-24(22)31/h6-13,15,17,38H,16H2,1-5H3/b19-11-,26-20-. The van der Waals surface area contributed by atoms with Crippen molar-refractivity contribution in [2.24, 2.45) is 0 Å². The van der Waals surface area contributed by atoms with Gasteiger partial charge in [-0.25, -0.2) is 9.37 Å². The molecule has 0 spiro atoms. The van der Waals surface area contributed by atoms with Gasteiger partial charge in [0.25, 0.3) is 5.56 Å². The number of carbonyl (C=O) groups is 1. The van der Waals surface area contributed by atoms with Crippen molar-refractivity contribution in [3.8, 4) is 11.9 Å². The molecule has 39 heavy (non-hydrogen) atoms. The summed E-state index contributed by atoms with van der Waals surface area (Å²) in [4.78, 5) is 31.0. The highest BCUT2D eigenvalue weighted by Gasteiger charge is 2.22. The molecule has 0 saturated carbocycles. The Hall–Kier alpha value is -4.26. The largest absolute Gasteiger partial charge is 0.488 e. The molecule has 0 aliphatic carbocycles. The number of anilines is 1. The summed E-state index contributed by atoms with van der Waals surface area (Å²) in [5, 5.41) is 19.6. The Morgan fingerprint density at radius 3 is 2.62 bits per heavy atom. The molecule has 3 rings (SSSR count). The van der Waals surface area contributed by atoms with E-state index in [1.54, 1.807) is 45.0 Å². The Morgan fingerprint density at radius 1 is 1.31 bits per heavy atom. The van der Waals surface area contributed by atoms with Gasteiger partial charge in [0.15, 0.2) is 0 Å². The minimum atomic E-state index is -1.36. The number of amides is 1. The second-order valence-corrected chi connectivity index (χ2v) is 9.92. The first kappa shape index (κ1) is 29.3. The van der Waals surface area contributed by atoms with Crippen LogP contribution in [0.4, 0.5) is 10.1 Å². The third kappa shape index (κ3) is 6.79. The Morgan fingerprint density at radius 2 is 2.03 bits per heavy atom. The first-order valence-corrected chi connectivity index (χ1v) is 12.3. The SMILES string of the molecule is C/C(=C/C(OCc1ccc(C#N)cc1F)=C(\C)Cl)N(C=O)c1cc(-n2cccc(C(C)(C)O)c2=O)ncc1C. The average Bonchev–Trinajstić information content (AvgIpc) is 2.88. The summed E-state index contributed by atoms with van der Waals surface area (Å²) in [7, 11) is 0. The number of rotatable bonds is 9. The summed E-state index contributed by atoms with van der Waals surface area (Å²) in [5.41, 5.74) is 0.357. The number of carbonyl (C=O) groups excluding carboxylic acids is 1. The van der Waals surface area contributed by atoms with E-state index in [-0.39, 0.29) is 39.9 Å². The molecule has 3 aromatic rings. The monoisotopic (exact) mass is 550 g/mol. The van der Waals surface area contributed by atoms with Crippen LogP contribution >= 0.6 is 11.6 Å². The summed E-state index contributed by atoms with van der Waals surface area (Å²) in [6.45, 7) is 7.91. The summed E-state index contributed by atoms with van der Waals surface area (Å²) in [6, 6.07) is 10.7. The van der Waals surface area contributed by atoms with Gasteiger partial charge in [0, 0.05) is 41.4 Å². The molecule has 0 fully saturated rings. The molecular weight excluding hydrogens is 523 g/mol. The van der Waals surface area contributed by atoms with E-state index >= 15 is 0 Å². The summed E-state index contributed by atoms with van der Waals surface area (Å²) < 4.78 is 21.3. The van der Waals surface area contributed by atoms with E-state index in [9.17, 15) is 19.1 Å². The van der Waals surface area contributed by atoms with E-state index in [0.717, 1.165) is 6.07 Å². The Bertz CT molecular complexity index is 1560. The maximum atomic E-state index is 14.3. The number of nitriles is 1. The maximum absolute atomic E-state index is 14.3. The van der Waals surface area contributed by atoms with Crippen LogP contribution in [0, 0.1) is 24.1 Å². The molecular formula is C29H28ClFN4O4. The fourth-order valence-corrected chi connectivity index (χ4v) is 3.86. The number of aromatic nitrogens is 2. The van der Waals surface area contributed by atoms with Crippen molar-refractivity contribution in [3.63, 3.8) is 0 Å². The van der Waals surface area contributed by atoms with Crippen LogP contribution in [-0.2, 0) is 21.7 Å². The van der Waals surface area contributed by atoms with Crippen molar-refractivity contribution < 1.29 is 19.0 Å². The van der Waals surface area contributed by atoms with Crippen LogP contribution < -0.4 is 10.5 Å². The highest BCUT2D eigenvalue weighted by Crippen LogP contribution is 2.26. The lowest BCUT2D eigenvalue weighted by atomic mass is 10.0. The fraction of sp³-hybridized carbons (Fsp3) is 0.241. The molecule has 2 aromatic heterocycles.